The predicted octanol–water partition coefficient (Wildman–Crippen LogP) is 2.85. The number of hydrogen-bond donors (Lipinski definition) is 1. The summed E-state index contributed by atoms with van der Waals surface area (Å²) < 4.78 is 14.1. The van der Waals surface area contributed by atoms with Gasteiger partial charge in [0, 0.05) is 6.54 Å². The lowest BCUT2D eigenvalue weighted by Crippen LogP contribution is -2.50. The molecule has 21 heavy (non-hydrogen) atoms. The molecule has 1 fully saturated rings. The normalized spacial score (nSPS) is 22.1. The van der Waals surface area contributed by atoms with Crippen LogP contribution in [-0.4, -0.2) is 34.5 Å². The molecule has 0 radical (unpaired) electrons. The molecule has 1 aliphatic rings. The van der Waals surface area contributed by atoms with E-state index in [1.54, 1.807) is 19.1 Å². The summed E-state index contributed by atoms with van der Waals surface area (Å²) in [5, 5.41) is 9.35. The highest BCUT2D eigenvalue weighted by Crippen LogP contribution is 2.27. The number of benzene rings is 1. The van der Waals surface area contributed by atoms with Gasteiger partial charge in [-0.25, -0.2) is 9.18 Å². The Hall–Kier alpha value is -1.91. The molecule has 1 aliphatic heterocycles. The van der Waals surface area contributed by atoms with Crippen LogP contribution in [0.2, 0.25) is 0 Å². The molecule has 114 valence electrons. The fourth-order valence-electron chi connectivity index (χ4n) is 2.85. The molecule has 0 aliphatic carbocycles. The van der Waals surface area contributed by atoms with Crippen LogP contribution in [0.5, 0.6) is 0 Å². The van der Waals surface area contributed by atoms with Crippen molar-refractivity contribution in [2.75, 3.05) is 6.54 Å². The van der Waals surface area contributed by atoms with Crippen LogP contribution in [0, 0.1) is 18.7 Å². The zero-order chi connectivity index (χ0) is 15.6. The second-order valence-electron chi connectivity index (χ2n) is 5.59. The van der Waals surface area contributed by atoms with E-state index in [1.165, 1.54) is 11.0 Å². The van der Waals surface area contributed by atoms with Gasteiger partial charge in [0.15, 0.2) is 0 Å². The monoisotopic (exact) mass is 293 g/mol. The minimum Gasteiger partial charge on any atom is -0.480 e. The van der Waals surface area contributed by atoms with Gasteiger partial charge in [0.05, 0.1) is 5.56 Å². The van der Waals surface area contributed by atoms with Crippen molar-refractivity contribution in [3.05, 3.63) is 35.1 Å². The molecule has 5 heteroatoms. The van der Waals surface area contributed by atoms with Crippen molar-refractivity contribution in [3.8, 4) is 0 Å². The summed E-state index contributed by atoms with van der Waals surface area (Å²) in [6.45, 7) is 3.97. The van der Waals surface area contributed by atoms with Crippen molar-refractivity contribution in [2.45, 2.75) is 39.2 Å². The van der Waals surface area contributed by atoms with E-state index >= 15 is 0 Å². The number of carbonyl (C=O) groups is 2. The summed E-state index contributed by atoms with van der Waals surface area (Å²) in [6.07, 6.45) is 2.09. The van der Waals surface area contributed by atoms with Gasteiger partial charge < -0.3 is 10.0 Å². The Balaban J connectivity index is 2.28. The van der Waals surface area contributed by atoms with Crippen LogP contribution in [0.25, 0.3) is 0 Å². The first kappa shape index (κ1) is 15.5. The van der Waals surface area contributed by atoms with Crippen molar-refractivity contribution >= 4 is 11.9 Å². The molecule has 0 spiro atoms. The number of nitrogens with zero attached hydrogens (tertiary/aromatic N) is 1. The van der Waals surface area contributed by atoms with Crippen LogP contribution in [0.3, 0.4) is 0 Å². The van der Waals surface area contributed by atoms with Gasteiger partial charge in [0.2, 0.25) is 0 Å². The molecular formula is C16H20FNO3. The zero-order valence-electron chi connectivity index (χ0n) is 12.3. The minimum atomic E-state index is -1.02. The molecule has 1 saturated heterocycles. The number of amides is 1. The fourth-order valence-corrected chi connectivity index (χ4v) is 2.85. The number of likely N-dealkylation sites (tertiary alicyclic amines) is 1. The highest BCUT2D eigenvalue weighted by atomic mass is 19.1. The lowest BCUT2D eigenvalue weighted by atomic mass is 9.88. The Morgan fingerprint density at radius 3 is 2.76 bits per heavy atom. The van der Waals surface area contributed by atoms with E-state index in [-0.39, 0.29) is 5.56 Å². The van der Waals surface area contributed by atoms with E-state index < -0.39 is 23.7 Å². The van der Waals surface area contributed by atoms with Crippen molar-refractivity contribution < 1.29 is 19.1 Å². The lowest BCUT2D eigenvalue weighted by Gasteiger charge is -2.37. The SMILES string of the molecule is CCC1CCN(C(=O)c2cccc(C)c2F)C(C(=O)O)C1. The summed E-state index contributed by atoms with van der Waals surface area (Å²) in [6, 6.07) is 3.75. The van der Waals surface area contributed by atoms with Gasteiger partial charge in [-0.3, -0.25) is 4.79 Å². The van der Waals surface area contributed by atoms with Crippen molar-refractivity contribution in [1.82, 2.24) is 4.90 Å². The van der Waals surface area contributed by atoms with E-state index in [4.69, 9.17) is 0 Å². The molecule has 4 nitrogen and oxygen atoms in total. The molecule has 2 atom stereocenters. The third-order valence-electron chi connectivity index (χ3n) is 4.26. The Bertz CT molecular complexity index is 558. The van der Waals surface area contributed by atoms with Crippen LogP contribution in [0.4, 0.5) is 4.39 Å². The molecule has 2 unspecified atom stereocenters. The number of carboxylic acid groups (broad SMARTS) is 1. The largest absolute Gasteiger partial charge is 0.480 e. The maximum absolute atomic E-state index is 14.1. The van der Waals surface area contributed by atoms with Gasteiger partial charge in [0.25, 0.3) is 5.91 Å². The number of aryl methyl sites for hydroxylation is 1. The number of aliphatic carboxylic acids is 1. The average molecular weight is 293 g/mol. The molecule has 1 aromatic rings. The molecule has 1 amide bonds. The maximum Gasteiger partial charge on any atom is 0.326 e. The molecule has 1 aromatic carbocycles. The van der Waals surface area contributed by atoms with Crippen LogP contribution in [-0.2, 0) is 4.79 Å². The Labute approximate surface area is 123 Å². The predicted molar refractivity (Wildman–Crippen MR) is 76.6 cm³/mol. The summed E-state index contributed by atoms with van der Waals surface area (Å²) in [7, 11) is 0. The van der Waals surface area contributed by atoms with E-state index in [9.17, 15) is 19.1 Å². The van der Waals surface area contributed by atoms with Gasteiger partial charge in [-0.15, -0.1) is 0 Å². The second kappa shape index (κ2) is 6.24. The van der Waals surface area contributed by atoms with Crippen molar-refractivity contribution in [3.63, 3.8) is 0 Å². The van der Waals surface area contributed by atoms with E-state index in [1.807, 2.05) is 6.92 Å². The van der Waals surface area contributed by atoms with Gasteiger partial charge in [-0.05, 0) is 37.3 Å². The van der Waals surface area contributed by atoms with Gasteiger partial charge >= 0.3 is 5.97 Å². The molecular weight excluding hydrogens is 273 g/mol. The molecule has 0 bridgehead atoms. The van der Waals surface area contributed by atoms with E-state index in [0.717, 1.165) is 12.8 Å². The molecule has 1 N–H and O–H groups in total. The minimum absolute atomic E-state index is 0.0452. The smallest absolute Gasteiger partial charge is 0.326 e. The average Bonchev–Trinajstić information content (AvgIpc) is 2.48. The standard InChI is InChI=1S/C16H20FNO3/c1-3-11-7-8-18(13(9-11)16(20)21)15(19)12-6-4-5-10(2)14(12)17/h4-6,11,13H,3,7-9H2,1-2H3,(H,20,21). The highest BCUT2D eigenvalue weighted by Gasteiger charge is 2.36. The number of halogens is 1. The number of carboxylic acids is 1. The summed E-state index contributed by atoms with van der Waals surface area (Å²) in [5.41, 5.74) is 0.340. The van der Waals surface area contributed by atoms with Crippen LogP contribution in [0.15, 0.2) is 18.2 Å². The molecule has 2 rings (SSSR count). The topological polar surface area (TPSA) is 57.6 Å². The highest BCUT2D eigenvalue weighted by molar-refractivity contribution is 5.97. The first-order chi connectivity index (χ1) is 9.95. The second-order valence-corrected chi connectivity index (χ2v) is 5.59. The summed E-state index contributed by atoms with van der Waals surface area (Å²) >= 11 is 0. The van der Waals surface area contributed by atoms with Crippen molar-refractivity contribution in [1.29, 1.82) is 0 Å². The summed E-state index contributed by atoms with van der Waals surface area (Å²) in [4.78, 5) is 25.2. The van der Waals surface area contributed by atoms with Crippen molar-refractivity contribution in [2.24, 2.45) is 5.92 Å². The number of hydrogen-bond acceptors (Lipinski definition) is 2. The molecule has 0 saturated carbocycles. The third-order valence-corrected chi connectivity index (χ3v) is 4.26. The lowest BCUT2D eigenvalue weighted by molar-refractivity contribution is -0.144. The van der Waals surface area contributed by atoms with Gasteiger partial charge in [-0.1, -0.05) is 25.5 Å². The van der Waals surface area contributed by atoms with E-state index in [2.05, 4.69) is 0 Å². The Morgan fingerprint density at radius 2 is 2.14 bits per heavy atom. The summed E-state index contributed by atoms with van der Waals surface area (Å²) in [5.74, 6) is -1.81. The first-order valence-corrected chi connectivity index (χ1v) is 7.24. The van der Waals surface area contributed by atoms with Gasteiger partial charge in [0.1, 0.15) is 11.9 Å². The Morgan fingerprint density at radius 1 is 1.43 bits per heavy atom. The quantitative estimate of drug-likeness (QED) is 0.932. The van der Waals surface area contributed by atoms with Crippen LogP contribution < -0.4 is 0 Å². The molecule has 1 heterocycles. The zero-order valence-corrected chi connectivity index (χ0v) is 12.3. The molecule has 0 aromatic heterocycles. The van der Waals surface area contributed by atoms with Crippen LogP contribution in [0.1, 0.15) is 42.1 Å². The number of piperidine rings is 1. The number of carbonyl (C=O) groups excluding carboxylic acids is 1. The van der Waals surface area contributed by atoms with E-state index in [0.29, 0.717) is 24.4 Å². The Kier molecular flexibility index (Phi) is 4.60. The van der Waals surface area contributed by atoms with Crippen LogP contribution >= 0.6 is 0 Å². The first-order valence-electron chi connectivity index (χ1n) is 7.24. The number of rotatable bonds is 3. The maximum atomic E-state index is 14.1. The fraction of sp³-hybridized carbons (Fsp3) is 0.500. The van der Waals surface area contributed by atoms with Gasteiger partial charge in [-0.2, -0.15) is 0 Å². The third kappa shape index (κ3) is 3.06.